The number of pyridine rings is 2. The van der Waals surface area contributed by atoms with Gasteiger partial charge in [0.25, 0.3) is 0 Å². The topological polar surface area (TPSA) is 122 Å². The summed E-state index contributed by atoms with van der Waals surface area (Å²) >= 11 is 6.12. The molecule has 0 fully saturated rings. The minimum atomic E-state index is -0.718. The van der Waals surface area contributed by atoms with Gasteiger partial charge < -0.3 is 10.1 Å². The largest absolute Gasteiger partial charge is 0.618 e. The molecule has 6 aromatic rings. The number of likely N-dealkylation sites (N-methyl/N-ethyl adjacent to an activating group) is 1. The molecule has 0 spiro atoms. The van der Waals surface area contributed by atoms with Gasteiger partial charge in [-0.2, -0.15) is 14.5 Å². The van der Waals surface area contributed by atoms with E-state index < -0.39 is 11.9 Å². The van der Waals surface area contributed by atoms with Gasteiger partial charge in [0.1, 0.15) is 6.33 Å². The first kappa shape index (κ1) is 28.6. The average Bonchev–Trinajstić information content (AvgIpc) is 3.76. The Balaban J connectivity index is 1.38. The van der Waals surface area contributed by atoms with Crippen LogP contribution in [0.1, 0.15) is 17.3 Å². The molecule has 220 valence electrons. The molecule has 1 amide bonds. The maximum Gasteiger partial charge on any atom is 0.226 e. The van der Waals surface area contributed by atoms with Crippen molar-refractivity contribution in [3.8, 4) is 27.9 Å². The zero-order valence-corrected chi connectivity index (χ0v) is 24.2. The first-order valence-electron chi connectivity index (χ1n) is 13.6. The third kappa shape index (κ3) is 5.88. The number of amides is 1. The minimum Gasteiger partial charge on any atom is -0.618 e. The van der Waals surface area contributed by atoms with Gasteiger partial charge >= 0.3 is 0 Å². The number of benzene rings is 2. The predicted molar refractivity (Wildman–Crippen MR) is 160 cm³/mol. The standard InChI is InChI=1S/C31H25ClFN9O2/c1-39(29(43)15-21-5-3-2-4-6-21)19-28(40-17-24(16-36-40)22-11-13-34-14-12-22)26-9-7-23(18-42(26)44)30-27(41-20-35-37-38-41)10-8-25(32)31(30)33/h2-14,16-18,20,28H,15,19H2,1H3. The van der Waals surface area contributed by atoms with Gasteiger partial charge in [0, 0.05) is 37.3 Å². The zero-order valence-electron chi connectivity index (χ0n) is 23.4. The van der Waals surface area contributed by atoms with Gasteiger partial charge in [-0.1, -0.05) is 41.9 Å². The van der Waals surface area contributed by atoms with Crippen molar-refractivity contribution in [3.63, 3.8) is 0 Å². The molecule has 0 saturated carbocycles. The summed E-state index contributed by atoms with van der Waals surface area (Å²) in [5.41, 5.74) is 3.52. The summed E-state index contributed by atoms with van der Waals surface area (Å²) in [5, 5.41) is 29.3. The van der Waals surface area contributed by atoms with Crippen LogP contribution in [0.2, 0.25) is 5.02 Å². The predicted octanol–water partition coefficient (Wildman–Crippen LogP) is 4.30. The molecule has 0 aliphatic heterocycles. The van der Waals surface area contributed by atoms with Crippen molar-refractivity contribution in [3.05, 3.63) is 131 Å². The van der Waals surface area contributed by atoms with Crippen LogP contribution in [-0.2, 0) is 11.2 Å². The molecule has 11 nitrogen and oxygen atoms in total. The van der Waals surface area contributed by atoms with Crippen LogP contribution < -0.4 is 4.73 Å². The van der Waals surface area contributed by atoms with Crippen molar-refractivity contribution in [2.75, 3.05) is 13.6 Å². The van der Waals surface area contributed by atoms with E-state index in [1.54, 1.807) is 53.4 Å². The van der Waals surface area contributed by atoms with Crippen molar-refractivity contribution >= 4 is 17.5 Å². The monoisotopic (exact) mass is 609 g/mol. The highest BCUT2D eigenvalue weighted by Gasteiger charge is 2.28. The van der Waals surface area contributed by atoms with E-state index >= 15 is 4.39 Å². The van der Waals surface area contributed by atoms with Crippen LogP contribution in [0.3, 0.4) is 0 Å². The molecule has 0 N–H and O–H groups in total. The molecule has 2 aromatic carbocycles. The number of aromatic nitrogens is 8. The fourth-order valence-corrected chi connectivity index (χ4v) is 5.11. The van der Waals surface area contributed by atoms with Crippen LogP contribution in [-0.4, -0.2) is 59.4 Å². The molecule has 0 aliphatic carbocycles. The summed E-state index contributed by atoms with van der Waals surface area (Å²) in [6.07, 6.45) is 9.67. The minimum absolute atomic E-state index is 0.0618. The van der Waals surface area contributed by atoms with Gasteiger partial charge in [-0.05, 0) is 51.9 Å². The molecule has 1 unspecified atom stereocenters. The summed E-state index contributed by atoms with van der Waals surface area (Å²) in [7, 11) is 1.69. The molecular formula is C31H25ClFN9O2. The smallest absolute Gasteiger partial charge is 0.226 e. The summed E-state index contributed by atoms with van der Waals surface area (Å²) in [6, 6.07) is 18.7. The summed E-state index contributed by atoms with van der Waals surface area (Å²) in [4.78, 5) is 18.9. The SMILES string of the molecule is CN(CC(c1ccc(-c2c(-n3cnnn3)ccc(Cl)c2F)c[n+]1[O-])n1cc(-c2ccncc2)cn1)C(=O)Cc1ccccc1. The Bertz CT molecular complexity index is 1900. The van der Waals surface area contributed by atoms with Gasteiger partial charge in [0.15, 0.2) is 18.1 Å². The van der Waals surface area contributed by atoms with Crippen molar-refractivity contribution in [2.45, 2.75) is 12.5 Å². The number of tetrazole rings is 1. The molecule has 44 heavy (non-hydrogen) atoms. The van der Waals surface area contributed by atoms with Gasteiger partial charge in [0.2, 0.25) is 11.6 Å². The van der Waals surface area contributed by atoms with E-state index in [4.69, 9.17) is 11.6 Å². The van der Waals surface area contributed by atoms with E-state index in [9.17, 15) is 10.0 Å². The van der Waals surface area contributed by atoms with Crippen LogP contribution in [0.4, 0.5) is 4.39 Å². The van der Waals surface area contributed by atoms with E-state index in [-0.39, 0.29) is 35.0 Å². The maximum absolute atomic E-state index is 15.4. The Morgan fingerprint density at radius 3 is 2.57 bits per heavy atom. The quantitative estimate of drug-likeness (QED) is 0.177. The lowest BCUT2D eigenvalue weighted by Crippen LogP contribution is -2.41. The summed E-state index contributed by atoms with van der Waals surface area (Å²) in [6.45, 7) is 0.145. The lowest BCUT2D eigenvalue weighted by atomic mass is 10.0. The maximum atomic E-state index is 15.4. The Kier molecular flexibility index (Phi) is 8.06. The second-order valence-electron chi connectivity index (χ2n) is 10.1. The molecular weight excluding hydrogens is 585 g/mol. The number of halogens is 2. The van der Waals surface area contributed by atoms with Crippen molar-refractivity contribution < 1.29 is 13.9 Å². The summed E-state index contributed by atoms with van der Waals surface area (Å²) < 4.78 is 19.0. The fraction of sp³-hybridized carbons (Fsp3) is 0.129. The molecule has 6 rings (SSSR count). The van der Waals surface area contributed by atoms with Crippen molar-refractivity contribution in [2.24, 2.45) is 0 Å². The third-order valence-electron chi connectivity index (χ3n) is 7.25. The van der Waals surface area contributed by atoms with E-state index in [0.717, 1.165) is 16.7 Å². The second-order valence-corrected chi connectivity index (χ2v) is 10.5. The number of rotatable bonds is 9. The van der Waals surface area contributed by atoms with Gasteiger partial charge in [-0.15, -0.1) is 5.10 Å². The Morgan fingerprint density at radius 2 is 1.84 bits per heavy atom. The number of hydrogen-bond donors (Lipinski definition) is 0. The van der Waals surface area contributed by atoms with Gasteiger partial charge in [0.05, 0.1) is 41.0 Å². The van der Waals surface area contributed by atoms with Crippen LogP contribution in [0.15, 0.2) is 104 Å². The second kappa shape index (κ2) is 12.4. The molecule has 0 aliphatic rings. The highest BCUT2D eigenvalue weighted by Crippen LogP contribution is 2.33. The third-order valence-corrected chi connectivity index (χ3v) is 7.54. The lowest BCUT2D eigenvalue weighted by Gasteiger charge is -2.24. The highest BCUT2D eigenvalue weighted by molar-refractivity contribution is 6.31. The van der Waals surface area contributed by atoms with E-state index in [0.29, 0.717) is 16.1 Å². The number of nitrogens with zero attached hydrogens (tertiary/aromatic N) is 9. The number of hydrogen-bond acceptors (Lipinski definition) is 7. The molecule has 4 aromatic heterocycles. The van der Waals surface area contributed by atoms with E-state index in [2.05, 4.69) is 25.6 Å². The van der Waals surface area contributed by atoms with Crippen molar-refractivity contribution in [1.29, 1.82) is 0 Å². The number of carbonyl (C=O) groups is 1. The van der Waals surface area contributed by atoms with Gasteiger partial charge in [-0.25, -0.2) is 4.39 Å². The number of carbonyl (C=O) groups excluding carboxylic acids is 1. The fourth-order valence-electron chi connectivity index (χ4n) is 4.96. The van der Waals surface area contributed by atoms with E-state index in [1.807, 2.05) is 48.7 Å². The van der Waals surface area contributed by atoms with Crippen LogP contribution in [0.5, 0.6) is 0 Å². The Labute approximate surface area is 256 Å². The lowest BCUT2D eigenvalue weighted by molar-refractivity contribution is -0.615. The molecule has 0 radical (unpaired) electrons. The normalized spacial score (nSPS) is 11.8. The highest BCUT2D eigenvalue weighted by atomic mass is 35.5. The molecule has 1 atom stereocenters. The van der Waals surface area contributed by atoms with Crippen molar-refractivity contribution in [1.82, 2.24) is 39.9 Å². The Hall–Kier alpha value is -5.49. The van der Waals surface area contributed by atoms with Crippen LogP contribution in [0, 0.1) is 11.0 Å². The van der Waals surface area contributed by atoms with Crippen LogP contribution >= 0.6 is 11.6 Å². The first-order valence-corrected chi connectivity index (χ1v) is 13.9. The van der Waals surface area contributed by atoms with Gasteiger partial charge in [-0.3, -0.25) is 14.5 Å². The molecule has 0 saturated heterocycles. The molecule has 0 bridgehead atoms. The molecule has 13 heteroatoms. The summed E-state index contributed by atoms with van der Waals surface area (Å²) in [5.74, 6) is -0.840. The van der Waals surface area contributed by atoms with E-state index in [1.165, 1.54) is 23.3 Å². The first-order chi connectivity index (χ1) is 21.4. The Morgan fingerprint density at radius 1 is 1.05 bits per heavy atom. The average molecular weight is 610 g/mol. The van der Waals surface area contributed by atoms with Crippen LogP contribution in [0.25, 0.3) is 27.9 Å². The molecule has 4 heterocycles. The zero-order chi connectivity index (χ0) is 30.6.